The van der Waals surface area contributed by atoms with Crippen LogP contribution < -0.4 is 10.5 Å². The van der Waals surface area contributed by atoms with Crippen LogP contribution in [0.15, 0.2) is 29.1 Å². The molecule has 1 N–H and O–H groups in total. The summed E-state index contributed by atoms with van der Waals surface area (Å²) in [6.45, 7) is 13.0. The standard InChI is InChI=1S/C21H30N4O/c1-5-25(6-2)17-9-7-16(8-10-17)13-24-12-11-19-18(14-24)21(26)23-20(22-19)15(3)4/h7-10,15H,5-6,11-14H2,1-4H3,(H,22,23,26). The molecule has 5 nitrogen and oxygen atoms in total. The van der Waals surface area contributed by atoms with Gasteiger partial charge in [0.2, 0.25) is 0 Å². The lowest BCUT2D eigenvalue weighted by Crippen LogP contribution is -2.36. The van der Waals surface area contributed by atoms with Crippen molar-refractivity contribution >= 4 is 5.69 Å². The van der Waals surface area contributed by atoms with Crippen molar-refractivity contribution in [3.63, 3.8) is 0 Å². The summed E-state index contributed by atoms with van der Waals surface area (Å²) < 4.78 is 0. The molecule has 2 heterocycles. The first-order chi connectivity index (χ1) is 12.5. The zero-order valence-corrected chi connectivity index (χ0v) is 16.4. The lowest BCUT2D eigenvalue weighted by molar-refractivity contribution is 0.241. The topological polar surface area (TPSA) is 52.2 Å². The molecule has 0 amide bonds. The van der Waals surface area contributed by atoms with E-state index < -0.39 is 0 Å². The van der Waals surface area contributed by atoms with Crippen LogP contribution in [0.4, 0.5) is 5.69 Å². The molecule has 0 aliphatic carbocycles. The fourth-order valence-corrected chi connectivity index (χ4v) is 3.57. The van der Waals surface area contributed by atoms with Crippen LogP contribution in [0.2, 0.25) is 0 Å². The summed E-state index contributed by atoms with van der Waals surface area (Å²) in [5, 5.41) is 0. The van der Waals surface area contributed by atoms with Gasteiger partial charge in [-0.05, 0) is 31.5 Å². The molecular formula is C21H30N4O. The smallest absolute Gasteiger partial charge is 0.255 e. The van der Waals surface area contributed by atoms with Gasteiger partial charge in [0, 0.05) is 50.7 Å². The van der Waals surface area contributed by atoms with Crippen LogP contribution in [0.5, 0.6) is 0 Å². The molecule has 2 aromatic rings. The van der Waals surface area contributed by atoms with Crippen LogP contribution in [0, 0.1) is 0 Å². The maximum Gasteiger partial charge on any atom is 0.255 e. The summed E-state index contributed by atoms with van der Waals surface area (Å²) in [5.74, 6) is 1.05. The van der Waals surface area contributed by atoms with Gasteiger partial charge in [-0.3, -0.25) is 9.69 Å². The van der Waals surface area contributed by atoms with Crippen LogP contribution in [0.3, 0.4) is 0 Å². The Labute approximate surface area is 156 Å². The van der Waals surface area contributed by atoms with Gasteiger partial charge in [-0.1, -0.05) is 26.0 Å². The number of hydrogen-bond acceptors (Lipinski definition) is 4. The van der Waals surface area contributed by atoms with Crippen molar-refractivity contribution in [3.8, 4) is 0 Å². The molecule has 1 aliphatic rings. The van der Waals surface area contributed by atoms with Crippen LogP contribution in [-0.2, 0) is 19.5 Å². The van der Waals surface area contributed by atoms with Crippen molar-refractivity contribution in [3.05, 3.63) is 57.3 Å². The van der Waals surface area contributed by atoms with Crippen molar-refractivity contribution in [2.45, 2.75) is 53.1 Å². The van der Waals surface area contributed by atoms with Crippen LogP contribution >= 0.6 is 0 Å². The summed E-state index contributed by atoms with van der Waals surface area (Å²) in [5.41, 5.74) is 4.39. The van der Waals surface area contributed by atoms with Gasteiger partial charge < -0.3 is 9.88 Å². The largest absolute Gasteiger partial charge is 0.372 e. The molecule has 5 heteroatoms. The second-order valence-electron chi connectivity index (χ2n) is 7.33. The van der Waals surface area contributed by atoms with Gasteiger partial charge in [0.25, 0.3) is 5.56 Å². The van der Waals surface area contributed by atoms with E-state index in [2.05, 4.69) is 71.7 Å². The molecule has 1 aromatic heterocycles. The zero-order valence-electron chi connectivity index (χ0n) is 16.4. The summed E-state index contributed by atoms with van der Waals surface area (Å²) in [6.07, 6.45) is 0.844. The molecule has 0 fully saturated rings. The molecule has 26 heavy (non-hydrogen) atoms. The number of rotatable bonds is 6. The number of hydrogen-bond donors (Lipinski definition) is 1. The molecule has 0 saturated heterocycles. The molecule has 0 atom stereocenters. The fraction of sp³-hybridized carbons (Fsp3) is 0.524. The Hall–Kier alpha value is -2.14. The second-order valence-corrected chi connectivity index (χ2v) is 7.33. The lowest BCUT2D eigenvalue weighted by atomic mass is 10.0. The predicted molar refractivity (Wildman–Crippen MR) is 107 cm³/mol. The molecule has 0 bridgehead atoms. The monoisotopic (exact) mass is 354 g/mol. The highest BCUT2D eigenvalue weighted by molar-refractivity contribution is 5.47. The van der Waals surface area contributed by atoms with Gasteiger partial charge in [-0.15, -0.1) is 0 Å². The van der Waals surface area contributed by atoms with Crippen molar-refractivity contribution < 1.29 is 0 Å². The number of benzene rings is 1. The first-order valence-corrected chi connectivity index (χ1v) is 9.70. The average Bonchev–Trinajstić information content (AvgIpc) is 2.64. The minimum atomic E-state index is 0.0280. The fourth-order valence-electron chi connectivity index (χ4n) is 3.57. The van der Waals surface area contributed by atoms with Gasteiger partial charge >= 0.3 is 0 Å². The van der Waals surface area contributed by atoms with E-state index in [4.69, 9.17) is 0 Å². The van der Waals surface area contributed by atoms with Crippen molar-refractivity contribution in [1.29, 1.82) is 0 Å². The van der Waals surface area contributed by atoms with Gasteiger partial charge in [-0.2, -0.15) is 0 Å². The van der Waals surface area contributed by atoms with E-state index in [1.165, 1.54) is 11.3 Å². The third-order valence-corrected chi connectivity index (χ3v) is 5.18. The van der Waals surface area contributed by atoms with E-state index >= 15 is 0 Å². The van der Waals surface area contributed by atoms with Gasteiger partial charge in [-0.25, -0.2) is 4.98 Å². The van der Waals surface area contributed by atoms with Crippen LogP contribution in [0.1, 0.15) is 56.3 Å². The summed E-state index contributed by atoms with van der Waals surface area (Å²) in [6, 6.07) is 8.80. The molecule has 1 aliphatic heterocycles. The van der Waals surface area contributed by atoms with E-state index in [-0.39, 0.29) is 11.5 Å². The summed E-state index contributed by atoms with van der Waals surface area (Å²) in [7, 11) is 0. The van der Waals surface area contributed by atoms with Crippen molar-refractivity contribution in [1.82, 2.24) is 14.9 Å². The molecular weight excluding hydrogens is 324 g/mol. The number of anilines is 1. The quantitative estimate of drug-likeness (QED) is 0.865. The summed E-state index contributed by atoms with van der Waals surface area (Å²) in [4.78, 5) is 24.8. The van der Waals surface area contributed by atoms with Crippen LogP contribution in [-0.4, -0.2) is 34.5 Å². The molecule has 0 radical (unpaired) electrons. The average molecular weight is 354 g/mol. The molecule has 140 valence electrons. The highest BCUT2D eigenvalue weighted by Crippen LogP contribution is 2.20. The summed E-state index contributed by atoms with van der Waals surface area (Å²) >= 11 is 0. The van der Waals surface area contributed by atoms with Gasteiger partial charge in [0.1, 0.15) is 5.82 Å². The number of fused-ring (bicyclic) bond motifs is 1. The van der Waals surface area contributed by atoms with E-state index in [0.717, 1.165) is 49.7 Å². The Balaban J connectivity index is 1.71. The van der Waals surface area contributed by atoms with Gasteiger partial charge in [0.15, 0.2) is 0 Å². The molecule has 0 unspecified atom stereocenters. The van der Waals surface area contributed by atoms with E-state index in [0.29, 0.717) is 6.54 Å². The van der Waals surface area contributed by atoms with Crippen molar-refractivity contribution in [2.24, 2.45) is 0 Å². The van der Waals surface area contributed by atoms with Crippen LogP contribution in [0.25, 0.3) is 0 Å². The first kappa shape index (κ1) is 18.6. The highest BCUT2D eigenvalue weighted by atomic mass is 16.1. The van der Waals surface area contributed by atoms with E-state index in [1.54, 1.807) is 0 Å². The minimum absolute atomic E-state index is 0.0280. The number of nitrogens with one attached hydrogen (secondary N) is 1. The Morgan fingerprint density at radius 2 is 1.88 bits per heavy atom. The maximum absolute atomic E-state index is 12.4. The normalized spacial score (nSPS) is 14.5. The highest BCUT2D eigenvalue weighted by Gasteiger charge is 2.21. The van der Waals surface area contributed by atoms with E-state index in [1.807, 2.05) is 0 Å². The minimum Gasteiger partial charge on any atom is -0.372 e. The number of H-pyrrole nitrogens is 1. The SMILES string of the molecule is CCN(CC)c1ccc(CN2CCc3nc(C(C)C)[nH]c(=O)c3C2)cc1. The number of nitrogens with zero attached hydrogens (tertiary/aromatic N) is 3. The lowest BCUT2D eigenvalue weighted by Gasteiger charge is -2.28. The Bertz CT molecular complexity index is 791. The Morgan fingerprint density at radius 3 is 2.50 bits per heavy atom. The third-order valence-electron chi connectivity index (χ3n) is 5.18. The Kier molecular flexibility index (Phi) is 5.77. The van der Waals surface area contributed by atoms with Crippen molar-refractivity contribution in [2.75, 3.05) is 24.5 Å². The second kappa shape index (κ2) is 8.04. The predicted octanol–water partition coefficient (Wildman–Crippen LogP) is 3.30. The number of aromatic nitrogens is 2. The maximum atomic E-state index is 12.4. The molecule has 1 aromatic carbocycles. The zero-order chi connectivity index (χ0) is 18.7. The number of aromatic amines is 1. The molecule has 3 rings (SSSR count). The third kappa shape index (κ3) is 3.98. The first-order valence-electron chi connectivity index (χ1n) is 9.70. The van der Waals surface area contributed by atoms with E-state index in [9.17, 15) is 4.79 Å². The van der Waals surface area contributed by atoms with Gasteiger partial charge in [0.05, 0.1) is 11.3 Å². The molecule has 0 spiro atoms. The Morgan fingerprint density at radius 1 is 1.19 bits per heavy atom. The molecule has 0 saturated carbocycles.